The molecule has 0 saturated carbocycles. The second-order valence-electron chi connectivity index (χ2n) is 4.96. The van der Waals surface area contributed by atoms with Crippen LogP contribution < -0.4 is 4.74 Å². The van der Waals surface area contributed by atoms with Gasteiger partial charge >= 0.3 is 5.97 Å². The van der Waals surface area contributed by atoms with Gasteiger partial charge in [0.05, 0.1) is 13.2 Å². The fraction of sp³-hybridized carbons (Fsp3) is 0.125. The van der Waals surface area contributed by atoms with Crippen molar-refractivity contribution >= 4 is 12.4 Å². The summed E-state index contributed by atoms with van der Waals surface area (Å²) in [4.78, 5) is 21.1. The summed E-state index contributed by atoms with van der Waals surface area (Å²) >= 11 is 0. The van der Waals surface area contributed by atoms with Crippen LogP contribution in [0.4, 0.5) is 0 Å². The molecule has 0 heterocycles. The molecule has 0 fully saturated rings. The van der Waals surface area contributed by atoms with Crippen molar-refractivity contribution in [2.24, 2.45) is 0 Å². The van der Waals surface area contributed by atoms with Gasteiger partial charge in [0.15, 0.2) is 11.5 Å². The summed E-state index contributed by atoms with van der Waals surface area (Å²) in [5, 5.41) is 47.6. The van der Waals surface area contributed by atoms with Gasteiger partial charge in [0.25, 0.3) is 6.47 Å². The number of hydrogen-bond donors (Lipinski definition) is 5. The molecule has 0 spiro atoms. The van der Waals surface area contributed by atoms with Crippen molar-refractivity contribution in [3.05, 3.63) is 41.0 Å². The van der Waals surface area contributed by atoms with E-state index < -0.39 is 17.3 Å². The van der Waals surface area contributed by atoms with Crippen LogP contribution in [0.5, 0.6) is 28.7 Å². The molecule has 0 saturated heterocycles. The third kappa shape index (κ3) is 4.09. The summed E-state index contributed by atoms with van der Waals surface area (Å²) in [6.45, 7) is -0.283. The number of carbonyl (C=O) groups is 2. The van der Waals surface area contributed by atoms with Crippen LogP contribution in [0.25, 0.3) is 0 Å². The lowest BCUT2D eigenvalue weighted by atomic mass is 10.1. The monoisotopic (exact) mass is 350 g/mol. The Hall–Kier alpha value is -3.46. The van der Waals surface area contributed by atoms with Crippen LogP contribution >= 0.6 is 0 Å². The summed E-state index contributed by atoms with van der Waals surface area (Å²) in [5.74, 6) is -3.18. The van der Waals surface area contributed by atoms with Crippen LogP contribution in [0.3, 0.4) is 0 Å². The number of carboxylic acid groups (broad SMARTS) is 1. The molecule has 0 amide bonds. The summed E-state index contributed by atoms with van der Waals surface area (Å²) in [7, 11) is 0. The first-order valence-electron chi connectivity index (χ1n) is 6.84. The number of carbonyl (C=O) groups excluding carboxylic acids is 1. The van der Waals surface area contributed by atoms with Gasteiger partial charge in [0, 0.05) is 17.2 Å². The second kappa shape index (κ2) is 7.41. The van der Waals surface area contributed by atoms with E-state index in [1.807, 2.05) is 0 Å². The maximum absolute atomic E-state index is 10.8. The zero-order valence-corrected chi connectivity index (χ0v) is 12.7. The number of hydrogen-bond acceptors (Lipinski definition) is 8. The molecular formula is C16H14O9. The van der Waals surface area contributed by atoms with E-state index >= 15 is 0 Å². The van der Waals surface area contributed by atoms with Crippen LogP contribution in [0.1, 0.15) is 21.5 Å². The molecule has 5 N–H and O–H groups in total. The SMILES string of the molecule is O=COc1cc(O)c(COCc2cc(O)c(C(=O)O)cc2O)cc1O. The molecule has 0 unspecified atom stereocenters. The van der Waals surface area contributed by atoms with Crippen molar-refractivity contribution < 1.29 is 44.6 Å². The largest absolute Gasteiger partial charge is 0.508 e. The highest BCUT2D eigenvalue weighted by atomic mass is 16.5. The van der Waals surface area contributed by atoms with Crippen molar-refractivity contribution in [1.82, 2.24) is 0 Å². The summed E-state index contributed by atoms with van der Waals surface area (Å²) in [6, 6.07) is 4.12. The van der Waals surface area contributed by atoms with Gasteiger partial charge in [-0.2, -0.15) is 0 Å². The van der Waals surface area contributed by atoms with E-state index in [0.717, 1.165) is 24.3 Å². The zero-order valence-electron chi connectivity index (χ0n) is 12.7. The highest BCUT2D eigenvalue weighted by Crippen LogP contribution is 2.34. The summed E-state index contributed by atoms with van der Waals surface area (Å²) in [6.07, 6.45) is 0. The van der Waals surface area contributed by atoms with Crippen molar-refractivity contribution in [1.29, 1.82) is 0 Å². The molecule has 0 aromatic heterocycles. The standard InChI is InChI=1S/C16H14O9/c17-7-25-15-4-12(19)9(2-14(15)21)6-24-5-8-1-13(20)10(16(22)23)3-11(8)18/h1-4,7,18-21H,5-6H2,(H,22,23). The molecule has 2 aromatic rings. The molecule has 9 nitrogen and oxygen atoms in total. The molecule has 2 rings (SSSR count). The van der Waals surface area contributed by atoms with Crippen molar-refractivity contribution in [2.75, 3.05) is 0 Å². The predicted molar refractivity (Wildman–Crippen MR) is 81.7 cm³/mol. The number of benzene rings is 2. The Kier molecular flexibility index (Phi) is 5.30. The van der Waals surface area contributed by atoms with Gasteiger partial charge in [-0.05, 0) is 18.2 Å². The van der Waals surface area contributed by atoms with E-state index in [9.17, 15) is 30.0 Å². The van der Waals surface area contributed by atoms with Crippen molar-refractivity contribution in [3.63, 3.8) is 0 Å². The number of aromatic hydroxyl groups is 4. The van der Waals surface area contributed by atoms with Crippen molar-refractivity contribution in [3.8, 4) is 28.7 Å². The van der Waals surface area contributed by atoms with Crippen LogP contribution in [0.2, 0.25) is 0 Å². The Balaban J connectivity index is 2.08. The minimum atomic E-state index is -1.39. The molecule has 9 heteroatoms. The Morgan fingerprint density at radius 1 is 0.880 bits per heavy atom. The first-order valence-corrected chi connectivity index (χ1v) is 6.84. The Morgan fingerprint density at radius 2 is 1.44 bits per heavy atom. The molecule has 0 atom stereocenters. The van der Waals surface area contributed by atoms with Gasteiger partial charge in [0.2, 0.25) is 0 Å². The number of carboxylic acids is 1. The topological polar surface area (TPSA) is 154 Å². The number of rotatable bonds is 7. The van der Waals surface area contributed by atoms with E-state index in [4.69, 9.17) is 9.84 Å². The first kappa shape index (κ1) is 17.9. The van der Waals surface area contributed by atoms with Crippen molar-refractivity contribution in [2.45, 2.75) is 13.2 Å². The quantitative estimate of drug-likeness (QED) is 0.369. The maximum atomic E-state index is 10.8. The molecule has 0 aliphatic rings. The van der Waals surface area contributed by atoms with Gasteiger partial charge in [-0.3, -0.25) is 4.79 Å². The lowest BCUT2D eigenvalue weighted by molar-refractivity contribution is -0.120. The van der Waals surface area contributed by atoms with Crippen LogP contribution in [-0.2, 0) is 22.7 Å². The molecular weight excluding hydrogens is 336 g/mol. The van der Waals surface area contributed by atoms with Crippen LogP contribution in [-0.4, -0.2) is 38.0 Å². The van der Waals surface area contributed by atoms with Crippen LogP contribution in [0, 0.1) is 0 Å². The van der Waals surface area contributed by atoms with Gasteiger partial charge in [-0.15, -0.1) is 0 Å². The second-order valence-corrected chi connectivity index (χ2v) is 4.96. The molecule has 0 bridgehead atoms. The Bertz CT molecular complexity index is 814. The summed E-state index contributed by atoms with van der Waals surface area (Å²) in [5.41, 5.74) is -0.136. The predicted octanol–water partition coefficient (Wildman–Crippen LogP) is 1.46. The molecule has 25 heavy (non-hydrogen) atoms. The van der Waals surface area contributed by atoms with E-state index in [2.05, 4.69) is 4.74 Å². The van der Waals surface area contributed by atoms with Gasteiger partial charge < -0.3 is 35.0 Å². The highest BCUT2D eigenvalue weighted by molar-refractivity contribution is 5.91. The third-order valence-corrected chi connectivity index (χ3v) is 3.28. The molecule has 0 aliphatic heterocycles. The highest BCUT2D eigenvalue weighted by Gasteiger charge is 2.15. The first-order chi connectivity index (χ1) is 11.8. The van der Waals surface area contributed by atoms with E-state index in [1.165, 1.54) is 0 Å². The number of phenols is 4. The smallest absolute Gasteiger partial charge is 0.339 e. The fourth-order valence-electron chi connectivity index (χ4n) is 2.04. The summed E-state index contributed by atoms with van der Waals surface area (Å²) < 4.78 is 9.74. The minimum Gasteiger partial charge on any atom is -0.508 e. The molecule has 2 aromatic carbocycles. The minimum absolute atomic E-state index is 0.0979. The fourth-order valence-corrected chi connectivity index (χ4v) is 2.04. The lowest BCUT2D eigenvalue weighted by Crippen LogP contribution is -2.00. The average molecular weight is 350 g/mol. The molecule has 0 radical (unpaired) electrons. The van der Waals surface area contributed by atoms with Gasteiger partial charge in [-0.1, -0.05) is 0 Å². The number of phenolic OH excluding ortho intramolecular Hbond substituents is 3. The van der Waals surface area contributed by atoms with E-state index in [1.54, 1.807) is 0 Å². The van der Waals surface area contributed by atoms with Gasteiger partial charge in [-0.25, -0.2) is 4.79 Å². The maximum Gasteiger partial charge on any atom is 0.339 e. The Morgan fingerprint density at radius 3 is 2.00 bits per heavy atom. The molecule has 0 aliphatic carbocycles. The average Bonchev–Trinajstić information content (AvgIpc) is 2.54. The van der Waals surface area contributed by atoms with Gasteiger partial charge in [0.1, 0.15) is 22.8 Å². The Labute approximate surface area is 140 Å². The number of ether oxygens (including phenoxy) is 2. The third-order valence-electron chi connectivity index (χ3n) is 3.28. The zero-order chi connectivity index (χ0) is 18.6. The van der Waals surface area contributed by atoms with E-state index in [0.29, 0.717) is 0 Å². The number of aromatic carboxylic acids is 1. The lowest BCUT2D eigenvalue weighted by Gasteiger charge is -2.11. The molecule has 132 valence electrons. The van der Waals surface area contributed by atoms with Crippen LogP contribution in [0.15, 0.2) is 24.3 Å². The normalized spacial score (nSPS) is 10.4. The van der Waals surface area contributed by atoms with E-state index in [-0.39, 0.29) is 53.8 Å².